The first-order valence-electron chi connectivity index (χ1n) is 4.39. The van der Waals surface area contributed by atoms with Gasteiger partial charge in [0, 0.05) is 18.6 Å². The Labute approximate surface area is 76.1 Å². The SMILES string of the molecule is N#CC1(C(=O)O)CC12CCOCC2. The van der Waals surface area contributed by atoms with E-state index < -0.39 is 11.4 Å². The lowest BCUT2D eigenvalue weighted by Gasteiger charge is -2.23. The van der Waals surface area contributed by atoms with Crippen LogP contribution in [-0.2, 0) is 9.53 Å². The first kappa shape index (κ1) is 8.52. The zero-order valence-corrected chi connectivity index (χ0v) is 7.25. The summed E-state index contributed by atoms with van der Waals surface area (Å²) in [6, 6.07) is 1.96. The van der Waals surface area contributed by atoms with Crippen molar-refractivity contribution in [1.82, 2.24) is 0 Å². The third kappa shape index (κ3) is 0.909. The van der Waals surface area contributed by atoms with Gasteiger partial charge in [-0.1, -0.05) is 0 Å². The summed E-state index contributed by atoms with van der Waals surface area (Å²) in [7, 11) is 0. The van der Waals surface area contributed by atoms with E-state index in [1.54, 1.807) is 0 Å². The standard InChI is InChI=1S/C9H11NO3/c10-6-9(7(11)12)5-8(9)1-3-13-4-2-8/h1-5H2,(H,11,12). The minimum absolute atomic E-state index is 0.272. The molecule has 1 aliphatic heterocycles. The van der Waals surface area contributed by atoms with Gasteiger partial charge in [0.15, 0.2) is 5.41 Å². The molecule has 0 amide bonds. The molecule has 1 heterocycles. The molecule has 4 nitrogen and oxygen atoms in total. The first-order valence-corrected chi connectivity index (χ1v) is 4.39. The van der Waals surface area contributed by atoms with Crippen LogP contribution in [0.15, 0.2) is 0 Å². The number of nitrogens with zero attached hydrogens (tertiary/aromatic N) is 1. The van der Waals surface area contributed by atoms with Crippen molar-refractivity contribution in [3.05, 3.63) is 0 Å². The highest BCUT2D eigenvalue weighted by molar-refractivity contribution is 5.83. The molecule has 1 unspecified atom stereocenters. The van der Waals surface area contributed by atoms with Crippen LogP contribution in [0.4, 0.5) is 0 Å². The molecule has 1 N–H and O–H groups in total. The van der Waals surface area contributed by atoms with E-state index in [2.05, 4.69) is 0 Å². The minimum atomic E-state index is -1.10. The predicted molar refractivity (Wildman–Crippen MR) is 42.8 cm³/mol. The Balaban J connectivity index is 2.21. The van der Waals surface area contributed by atoms with Crippen molar-refractivity contribution < 1.29 is 14.6 Å². The lowest BCUT2D eigenvalue weighted by atomic mass is 9.87. The third-order valence-corrected chi connectivity index (χ3v) is 3.39. The second-order valence-electron chi connectivity index (χ2n) is 3.89. The molecule has 1 spiro atoms. The largest absolute Gasteiger partial charge is 0.480 e. The summed E-state index contributed by atoms with van der Waals surface area (Å²) in [5.74, 6) is -0.961. The Bertz CT molecular complexity index is 288. The van der Waals surface area contributed by atoms with E-state index in [0.717, 1.165) is 0 Å². The quantitative estimate of drug-likeness (QED) is 0.649. The number of rotatable bonds is 1. The summed E-state index contributed by atoms with van der Waals surface area (Å²) in [5.41, 5.74) is -1.37. The van der Waals surface area contributed by atoms with Gasteiger partial charge in [0.2, 0.25) is 0 Å². The average molecular weight is 181 g/mol. The predicted octanol–water partition coefficient (Wildman–Crippen LogP) is 0.781. The van der Waals surface area contributed by atoms with E-state index in [9.17, 15) is 4.79 Å². The normalized spacial score (nSPS) is 35.3. The molecular weight excluding hydrogens is 170 g/mol. The highest BCUT2D eigenvalue weighted by atomic mass is 16.5. The second-order valence-corrected chi connectivity index (χ2v) is 3.89. The molecule has 0 aromatic heterocycles. The van der Waals surface area contributed by atoms with Crippen LogP contribution < -0.4 is 0 Å². The van der Waals surface area contributed by atoms with Crippen LogP contribution in [-0.4, -0.2) is 24.3 Å². The molecule has 1 atom stereocenters. The Kier molecular flexibility index (Phi) is 1.61. The van der Waals surface area contributed by atoms with Gasteiger partial charge in [-0.05, 0) is 19.3 Å². The van der Waals surface area contributed by atoms with Crippen molar-refractivity contribution in [2.45, 2.75) is 19.3 Å². The molecule has 2 aliphatic rings. The molecule has 70 valence electrons. The van der Waals surface area contributed by atoms with Gasteiger partial charge in [-0.25, -0.2) is 0 Å². The fourth-order valence-corrected chi connectivity index (χ4v) is 2.34. The van der Waals surface area contributed by atoms with Crippen LogP contribution in [0.1, 0.15) is 19.3 Å². The summed E-state index contributed by atoms with van der Waals surface area (Å²) in [5, 5.41) is 17.8. The van der Waals surface area contributed by atoms with Crippen LogP contribution in [0.25, 0.3) is 0 Å². The van der Waals surface area contributed by atoms with E-state index in [-0.39, 0.29) is 5.41 Å². The van der Waals surface area contributed by atoms with Crippen molar-refractivity contribution in [2.75, 3.05) is 13.2 Å². The zero-order chi connectivity index (χ0) is 9.53. The van der Waals surface area contributed by atoms with Crippen molar-refractivity contribution in [3.63, 3.8) is 0 Å². The fraction of sp³-hybridized carbons (Fsp3) is 0.778. The summed E-state index contributed by atoms with van der Waals surface area (Å²) in [6.07, 6.45) is 1.94. The maximum absolute atomic E-state index is 10.9. The number of hydrogen-bond donors (Lipinski definition) is 1. The molecule has 2 rings (SSSR count). The first-order chi connectivity index (χ1) is 6.17. The number of carboxylic acid groups (broad SMARTS) is 1. The number of hydrogen-bond acceptors (Lipinski definition) is 3. The molecule has 2 fully saturated rings. The molecule has 1 saturated carbocycles. The lowest BCUT2D eigenvalue weighted by molar-refractivity contribution is -0.143. The van der Waals surface area contributed by atoms with E-state index in [0.29, 0.717) is 32.5 Å². The van der Waals surface area contributed by atoms with Crippen LogP contribution in [0.3, 0.4) is 0 Å². The molecule has 0 aromatic carbocycles. The van der Waals surface area contributed by atoms with E-state index in [1.165, 1.54) is 0 Å². The van der Waals surface area contributed by atoms with Crippen LogP contribution in [0.2, 0.25) is 0 Å². The molecule has 1 saturated heterocycles. The molecule has 4 heteroatoms. The summed E-state index contributed by atoms with van der Waals surface area (Å²) < 4.78 is 5.16. The van der Waals surface area contributed by atoms with Crippen LogP contribution >= 0.6 is 0 Å². The van der Waals surface area contributed by atoms with Crippen molar-refractivity contribution >= 4 is 5.97 Å². The minimum Gasteiger partial charge on any atom is -0.480 e. The average Bonchev–Trinajstić information content (AvgIpc) is 2.76. The number of aliphatic carboxylic acids is 1. The van der Waals surface area contributed by atoms with Crippen molar-refractivity contribution in [1.29, 1.82) is 5.26 Å². The van der Waals surface area contributed by atoms with Crippen molar-refractivity contribution in [3.8, 4) is 6.07 Å². The number of nitriles is 1. The summed E-state index contributed by atoms with van der Waals surface area (Å²) in [4.78, 5) is 10.9. The van der Waals surface area contributed by atoms with Gasteiger partial charge in [-0.2, -0.15) is 5.26 Å². The van der Waals surface area contributed by atoms with Gasteiger partial charge in [0.1, 0.15) is 0 Å². The lowest BCUT2D eigenvalue weighted by Crippen LogP contribution is -2.27. The number of carbonyl (C=O) groups is 1. The second kappa shape index (κ2) is 2.46. The summed E-state index contributed by atoms with van der Waals surface area (Å²) >= 11 is 0. The van der Waals surface area contributed by atoms with E-state index >= 15 is 0 Å². The molecule has 13 heavy (non-hydrogen) atoms. The zero-order valence-electron chi connectivity index (χ0n) is 7.25. The van der Waals surface area contributed by atoms with Gasteiger partial charge < -0.3 is 9.84 Å². The Hall–Kier alpha value is -1.08. The Morgan fingerprint density at radius 1 is 1.46 bits per heavy atom. The van der Waals surface area contributed by atoms with Gasteiger partial charge in [-0.15, -0.1) is 0 Å². The molecule has 0 bridgehead atoms. The third-order valence-electron chi connectivity index (χ3n) is 3.39. The molecule has 0 radical (unpaired) electrons. The molecular formula is C9H11NO3. The van der Waals surface area contributed by atoms with Gasteiger partial charge in [0.05, 0.1) is 6.07 Å². The number of carboxylic acids is 1. The van der Waals surface area contributed by atoms with Gasteiger partial charge in [-0.3, -0.25) is 4.79 Å². The molecule has 0 aromatic rings. The highest BCUT2D eigenvalue weighted by Crippen LogP contribution is 2.68. The topological polar surface area (TPSA) is 70.3 Å². The summed E-state index contributed by atoms with van der Waals surface area (Å²) in [6.45, 7) is 1.19. The van der Waals surface area contributed by atoms with Gasteiger partial charge >= 0.3 is 5.97 Å². The van der Waals surface area contributed by atoms with Crippen molar-refractivity contribution in [2.24, 2.45) is 10.8 Å². The Morgan fingerprint density at radius 3 is 2.46 bits per heavy atom. The molecule has 1 aliphatic carbocycles. The smallest absolute Gasteiger partial charge is 0.324 e. The van der Waals surface area contributed by atoms with E-state index in [4.69, 9.17) is 15.1 Å². The van der Waals surface area contributed by atoms with Crippen LogP contribution in [0.5, 0.6) is 0 Å². The van der Waals surface area contributed by atoms with E-state index in [1.807, 2.05) is 6.07 Å². The van der Waals surface area contributed by atoms with Crippen LogP contribution in [0, 0.1) is 22.2 Å². The van der Waals surface area contributed by atoms with Gasteiger partial charge in [0.25, 0.3) is 0 Å². The number of ether oxygens (including phenoxy) is 1. The monoisotopic (exact) mass is 181 g/mol. The highest BCUT2D eigenvalue weighted by Gasteiger charge is 2.73. The Morgan fingerprint density at radius 2 is 2.08 bits per heavy atom. The maximum atomic E-state index is 10.9. The fourth-order valence-electron chi connectivity index (χ4n) is 2.34. The maximum Gasteiger partial charge on any atom is 0.324 e.